The predicted octanol–water partition coefficient (Wildman–Crippen LogP) is 1.84. The number of aryl methyl sites for hydroxylation is 1. The van der Waals surface area contributed by atoms with Gasteiger partial charge >= 0.3 is 0 Å². The molecular formula is C27H40N4O5. The Hall–Kier alpha value is -3.56. The quantitative estimate of drug-likeness (QED) is 0.208. The van der Waals surface area contributed by atoms with E-state index in [-0.39, 0.29) is 18.9 Å². The summed E-state index contributed by atoms with van der Waals surface area (Å²) in [6.45, 7) is 2.39. The van der Waals surface area contributed by atoms with E-state index in [0.717, 1.165) is 19.8 Å². The number of rotatable bonds is 13. The van der Waals surface area contributed by atoms with Crippen LogP contribution in [0.25, 0.3) is 11.1 Å². The van der Waals surface area contributed by atoms with Crippen LogP contribution in [0.5, 0.6) is 0 Å². The first-order valence-corrected chi connectivity index (χ1v) is 11.9. The number of nitrogens with two attached hydrogens (primary N) is 2. The number of hydrogen-bond acceptors (Lipinski definition) is 6. The first-order chi connectivity index (χ1) is 17.4. The molecule has 0 spiro atoms. The van der Waals surface area contributed by atoms with Crippen molar-refractivity contribution in [3.05, 3.63) is 60.2 Å². The summed E-state index contributed by atoms with van der Waals surface area (Å²) in [5.41, 5.74) is 14.4. The number of aliphatic hydroxyl groups excluding tert-OH is 1. The van der Waals surface area contributed by atoms with Gasteiger partial charge in [0, 0.05) is 20.0 Å². The minimum Gasteiger partial charge on any atom is -0.400 e. The number of aliphatic hydroxyl groups is 1. The number of amides is 3. The van der Waals surface area contributed by atoms with Gasteiger partial charge in [0.05, 0.1) is 6.54 Å². The average Bonchev–Trinajstić information content (AvgIpc) is 2.89. The lowest BCUT2D eigenvalue weighted by Gasteiger charge is -2.15. The van der Waals surface area contributed by atoms with Crippen molar-refractivity contribution in [1.82, 2.24) is 10.6 Å². The van der Waals surface area contributed by atoms with Gasteiger partial charge in [-0.3, -0.25) is 14.4 Å². The van der Waals surface area contributed by atoms with Crippen molar-refractivity contribution in [2.45, 2.75) is 51.5 Å². The van der Waals surface area contributed by atoms with Crippen LogP contribution in [-0.2, 0) is 19.2 Å². The third-order valence-electron chi connectivity index (χ3n) is 4.96. The zero-order chi connectivity index (χ0) is 27.2. The molecule has 0 aromatic heterocycles. The highest BCUT2D eigenvalue weighted by molar-refractivity contribution is 5.89. The maximum Gasteiger partial charge on any atom is 0.240 e. The van der Waals surface area contributed by atoms with Gasteiger partial charge in [0.25, 0.3) is 0 Å². The number of carbonyl (C=O) groups is 4. The molecule has 7 N–H and O–H groups in total. The topological polar surface area (TPSA) is 165 Å². The van der Waals surface area contributed by atoms with Gasteiger partial charge < -0.3 is 32.0 Å². The molecule has 1 unspecified atom stereocenters. The van der Waals surface area contributed by atoms with Crippen LogP contribution in [0.3, 0.4) is 0 Å². The minimum absolute atomic E-state index is 0.182. The highest BCUT2D eigenvalue weighted by Gasteiger charge is 2.17. The second-order valence-electron chi connectivity index (χ2n) is 7.87. The van der Waals surface area contributed by atoms with E-state index in [4.69, 9.17) is 16.6 Å². The van der Waals surface area contributed by atoms with Gasteiger partial charge in [-0.15, -0.1) is 0 Å². The highest BCUT2D eigenvalue weighted by atomic mass is 16.2. The molecule has 0 aliphatic carbocycles. The summed E-state index contributed by atoms with van der Waals surface area (Å²) < 4.78 is 0. The van der Waals surface area contributed by atoms with Crippen molar-refractivity contribution in [3.8, 4) is 11.1 Å². The molecule has 36 heavy (non-hydrogen) atoms. The maximum atomic E-state index is 11.6. The lowest BCUT2D eigenvalue weighted by Crippen LogP contribution is -2.47. The zero-order valence-electron chi connectivity index (χ0n) is 21.2. The zero-order valence-corrected chi connectivity index (χ0v) is 21.2. The summed E-state index contributed by atoms with van der Waals surface area (Å²) in [7, 11) is 1.00. The summed E-state index contributed by atoms with van der Waals surface area (Å²) in [5.74, 6) is -1.40. The molecule has 0 aliphatic heterocycles. The number of nitrogens with one attached hydrogen (secondary N) is 2. The Bertz CT molecular complexity index is 889. The summed E-state index contributed by atoms with van der Waals surface area (Å²) in [5, 5.41) is 11.9. The summed E-state index contributed by atoms with van der Waals surface area (Å²) in [6, 6.07) is 18.3. The van der Waals surface area contributed by atoms with Crippen molar-refractivity contribution >= 4 is 24.0 Å². The summed E-state index contributed by atoms with van der Waals surface area (Å²) in [6.07, 6.45) is 3.52. The Kier molecular flexibility index (Phi) is 18.7. The van der Waals surface area contributed by atoms with Gasteiger partial charge in [0.2, 0.25) is 17.7 Å². The van der Waals surface area contributed by atoms with E-state index in [0.29, 0.717) is 32.2 Å². The first kappa shape index (κ1) is 32.4. The van der Waals surface area contributed by atoms with Crippen LogP contribution in [0, 0.1) is 6.92 Å². The molecule has 0 aliphatic rings. The number of carbonyl (C=O) groups excluding carboxylic acids is 4. The largest absolute Gasteiger partial charge is 0.400 e. The molecule has 0 heterocycles. The molecule has 0 saturated carbocycles. The van der Waals surface area contributed by atoms with Crippen LogP contribution in [-0.4, -0.2) is 55.4 Å². The highest BCUT2D eigenvalue weighted by Crippen LogP contribution is 2.18. The standard InChI is InChI=1S/C13H24N4O4.C13H12.CH4O/c14-7-3-1-5-10(13(15)21)17-12(20)9-16-11(19)6-2-4-8-18;1-11-7-9-13(10-8-11)12-5-3-2-4-6-12;1-2/h8,10H,1-7,9,14H2,(H2,15,21)(H,16,19)(H,17,20);2-10H,1H3;2H,1H3. The van der Waals surface area contributed by atoms with Crippen molar-refractivity contribution in [2.75, 3.05) is 20.2 Å². The normalized spacial score (nSPS) is 10.4. The number of primary amides is 1. The molecule has 2 rings (SSSR count). The smallest absolute Gasteiger partial charge is 0.240 e. The van der Waals surface area contributed by atoms with E-state index in [2.05, 4.69) is 66.1 Å². The van der Waals surface area contributed by atoms with E-state index in [1.807, 2.05) is 6.07 Å². The molecule has 0 radical (unpaired) electrons. The van der Waals surface area contributed by atoms with Gasteiger partial charge in [-0.05, 0) is 50.3 Å². The van der Waals surface area contributed by atoms with E-state index in [1.165, 1.54) is 16.7 Å². The fourth-order valence-electron chi connectivity index (χ4n) is 3.01. The molecule has 9 nitrogen and oxygen atoms in total. The number of unbranched alkanes of at least 4 members (excludes halogenated alkanes) is 2. The van der Waals surface area contributed by atoms with Crippen molar-refractivity contribution in [3.63, 3.8) is 0 Å². The monoisotopic (exact) mass is 500 g/mol. The lowest BCUT2D eigenvalue weighted by molar-refractivity contribution is -0.128. The van der Waals surface area contributed by atoms with Crippen molar-refractivity contribution in [2.24, 2.45) is 11.5 Å². The molecule has 2 aromatic carbocycles. The summed E-state index contributed by atoms with van der Waals surface area (Å²) >= 11 is 0. The predicted molar refractivity (Wildman–Crippen MR) is 142 cm³/mol. The molecular weight excluding hydrogens is 460 g/mol. The first-order valence-electron chi connectivity index (χ1n) is 11.9. The lowest BCUT2D eigenvalue weighted by atomic mass is 10.0. The van der Waals surface area contributed by atoms with E-state index in [9.17, 15) is 19.2 Å². The van der Waals surface area contributed by atoms with Gasteiger partial charge in [0.15, 0.2) is 0 Å². The Morgan fingerprint density at radius 3 is 2.08 bits per heavy atom. The molecule has 2 aromatic rings. The van der Waals surface area contributed by atoms with Crippen molar-refractivity contribution in [1.29, 1.82) is 0 Å². The third kappa shape index (κ3) is 15.4. The van der Waals surface area contributed by atoms with Crippen molar-refractivity contribution < 1.29 is 24.3 Å². The third-order valence-corrected chi connectivity index (χ3v) is 4.96. The fraction of sp³-hybridized carbons (Fsp3) is 0.407. The molecule has 0 bridgehead atoms. The van der Waals surface area contributed by atoms with Crippen LogP contribution in [0.1, 0.15) is 44.1 Å². The van der Waals surface area contributed by atoms with Gasteiger partial charge in [0.1, 0.15) is 12.3 Å². The maximum absolute atomic E-state index is 11.6. The van der Waals surface area contributed by atoms with E-state index < -0.39 is 17.9 Å². The molecule has 0 fully saturated rings. The second-order valence-corrected chi connectivity index (χ2v) is 7.87. The molecule has 1 atom stereocenters. The van der Waals surface area contributed by atoms with Crippen LogP contribution in [0.2, 0.25) is 0 Å². The van der Waals surface area contributed by atoms with Gasteiger partial charge in [-0.25, -0.2) is 0 Å². The Morgan fingerprint density at radius 1 is 0.917 bits per heavy atom. The minimum atomic E-state index is -0.754. The second kappa shape index (κ2) is 20.8. The van der Waals surface area contributed by atoms with Gasteiger partial charge in [-0.2, -0.15) is 0 Å². The van der Waals surface area contributed by atoms with Crippen LogP contribution in [0.4, 0.5) is 0 Å². The molecule has 198 valence electrons. The molecule has 0 saturated heterocycles. The number of hydrogen-bond donors (Lipinski definition) is 5. The SMILES string of the molecule is CO.Cc1ccc(-c2ccccc2)cc1.NCCCCC(NC(=O)CNC(=O)CCCC=O)C(N)=O. The Morgan fingerprint density at radius 2 is 1.53 bits per heavy atom. The summed E-state index contributed by atoms with van der Waals surface area (Å²) in [4.78, 5) is 44.2. The van der Waals surface area contributed by atoms with E-state index in [1.54, 1.807) is 0 Å². The van der Waals surface area contributed by atoms with Gasteiger partial charge in [-0.1, -0.05) is 60.2 Å². The Labute approximate surface area is 213 Å². The molecule has 9 heteroatoms. The average molecular weight is 501 g/mol. The number of benzene rings is 2. The van der Waals surface area contributed by atoms with E-state index >= 15 is 0 Å². The molecule has 3 amide bonds. The fourth-order valence-corrected chi connectivity index (χ4v) is 3.01. The van der Waals surface area contributed by atoms with Crippen LogP contribution >= 0.6 is 0 Å². The Balaban J connectivity index is 0.000000690. The van der Waals surface area contributed by atoms with Crippen LogP contribution < -0.4 is 22.1 Å². The van der Waals surface area contributed by atoms with Crippen LogP contribution in [0.15, 0.2) is 54.6 Å². The number of aldehydes is 1.